The third-order valence-corrected chi connectivity index (χ3v) is 2.21. The molecule has 0 aliphatic carbocycles. The maximum Gasteiger partial charge on any atom is 0.293 e. The number of benzene rings is 1. The monoisotopic (exact) mass is 223 g/mol. The summed E-state index contributed by atoms with van der Waals surface area (Å²) in [5.41, 5.74) is 0.764. The first-order valence-electron chi connectivity index (χ1n) is 4.47. The predicted octanol–water partition coefficient (Wildman–Crippen LogP) is 1.79. The summed E-state index contributed by atoms with van der Waals surface area (Å²) in [6, 6.07) is 2.89. The summed E-state index contributed by atoms with van der Waals surface area (Å²) in [7, 11) is 3.02. The first kappa shape index (κ1) is 10.2. The zero-order valence-corrected chi connectivity index (χ0v) is 8.68. The molecule has 0 aliphatic rings. The average molecular weight is 223 g/mol. The minimum absolute atomic E-state index is 0.0449. The van der Waals surface area contributed by atoms with E-state index in [0.717, 1.165) is 0 Å². The van der Waals surface area contributed by atoms with Gasteiger partial charge in [0.1, 0.15) is 5.69 Å². The SMILES string of the molecule is CNc1cc2onc(OC)c2cc1[N+](=O)[O-]. The van der Waals surface area contributed by atoms with Crippen LogP contribution in [0.2, 0.25) is 0 Å². The Labute approximate surface area is 90.1 Å². The Hall–Kier alpha value is -2.31. The maximum absolute atomic E-state index is 10.8. The van der Waals surface area contributed by atoms with Crippen molar-refractivity contribution in [3.63, 3.8) is 0 Å². The lowest BCUT2D eigenvalue weighted by molar-refractivity contribution is -0.383. The first-order chi connectivity index (χ1) is 7.67. The lowest BCUT2D eigenvalue weighted by Crippen LogP contribution is -1.96. The van der Waals surface area contributed by atoms with Crippen molar-refractivity contribution < 1.29 is 14.2 Å². The molecule has 0 aliphatic heterocycles. The standard InChI is InChI=1S/C9H9N3O4/c1-10-6-4-8-5(3-7(6)12(13)14)9(15-2)11-16-8/h3-4,10H,1-2H3. The van der Waals surface area contributed by atoms with Crippen LogP contribution in [-0.2, 0) is 0 Å². The summed E-state index contributed by atoms with van der Waals surface area (Å²) >= 11 is 0. The van der Waals surface area contributed by atoms with Crippen LogP contribution >= 0.6 is 0 Å². The fourth-order valence-corrected chi connectivity index (χ4v) is 1.45. The molecule has 1 aromatic carbocycles. The number of nitrogens with zero attached hydrogens (tertiary/aromatic N) is 2. The molecule has 0 saturated heterocycles. The molecule has 0 fully saturated rings. The fraction of sp³-hybridized carbons (Fsp3) is 0.222. The Morgan fingerprint density at radius 1 is 1.56 bits per heavy atom. The highest BCUT2D eigenvalue weighted by atomic mass is 16.6. The smallest absolute Gasteiger partial charge is 0.293 e. The summed E-state index contributed by atoms with van der Waals surface area (Å²) in [5.74, 6) is 0.237. The van der Waals surface area contributed by atoms with Crippen molar-refractivity contribution in [2.75, 3.05) is 19.5 Å². The number of rotatable bonds is 3. The summed E-state index contributed by atoms with van der Waals surface area (Å²) in [6.45, 7) is 0. The van der Waals surface area contributed by atoms with E-state index in [1.54, 1.807) is 7.05 Å². The Bertz CT molecular complexity index is 549. The molecule has 0 spiro atoms. The van der Waals surface area contributed by atoms with Gasteiger partial charge in [0, 0.05) is 19.2 Å². The van der Waals surface area contributed by atoms with Gasteiger partial charge in [-0.05, 0) is 5.16 Å². The van der Waals surface area contributed by atoms with Crippen LogP contribution in [0.1, 0.15) is 0 Å². The largest absolute Gasteiger partial charge is 0.478 e. The van der Waals surface area contributed by atoms with Crippen LogP contribution < -0.4 is 10.1 Å². The summed E-state index contributed by atoms with van der Waals surface area (Å²) in [5, 5.41) is 17.7. The zero-order chi connectivity index (χ0) is 11.7. The first-order valence-corrected chi connectivity index (χ1v) is 4.47. The van der Waals surface area contributed by atoms with E-state index in [2.05, 4.69) is 10.5 Å². The zero-order valence-electron chi connectivity index (χ0n) is 8.68. The van der Waals surface area contributed by atoms with E-state index in [-0.39, 0.29) is 11.6 Å². The normalized spacial score (nSPS) is 10.4. The number of methoxy groups -OCH3 is 1. The summed E-state index contributed by atoms with van der Waals surface area (Å²) < 4.78 is 9.91. The second-order valence-electron chi connectivity index (χ2n) is 3.06. The average Bonchev–Trinajstić information content (AvgIpc) is 2.68. The van der Waals surface area contributed by atoms with Crippen molar-refractivity contribution in [3.05, 3.63) is 22.2 Å². The van der Waals surface area contributed by atoms with Crippen molar-refractivity contribution >= 4 is 22.3 Å². The molecule has 1 N–H and O–H groups in total. The highest BCUT2D eigenvalue weighted by molar-refractivity contribution is 5.89. The number of aromatic nitrogens is 1. The molecular weight excluding hydrogens is 214 g/mol. The van der Waals surface area contributed by atoms with Gasteiger partial charge in [-0.25, -0.2) is 0 Å². The Kier molecular flexibility index (Phi) is 2.35. The molecule has 16 heavy (non-hydrogen) atoms. The number of ether oxygens (including phenoxy) is 1. The lowest BCUT2D eigenvalue weighted by Gasteiger charge is -2.01. The number of anilines is 1. The quantitative estimate of drug-likeness (QED) is 0.630. The second kappa shape index (κ2) is 3.69. The van der Waals surface area contributed by atoms with Crippen molar-refractivity contribution in [2.45, 2.75) is 0 Å². The molecule has 7 heteroatoms. The molecule has 0 unspecified atom stereocenters. The van der Waals surface area contributed by atoms with Crippen molar-refractivity contribution in [1.82, 2.24) is 5.16 Å². The topological polar surface area (TPSA) is 90.4 Å². The number of hydrogen-bond donors (Lipinski definition) is 1. The molecule has 2 rings (SSSR count). The van der Waals surface area contributed by atoms with E-state index in [1.807, 2.05) is 0 Å². The highest BCUT2D eigenvalue weighted by Crippen LogP contribution is 2.34. The minimum Gasteiger partial charge on any atom is -0.478 e. The molecule has 2 aromatic rings. The van der Waals surface area contributed by atoms with E-state index in [1.165, 1.54) is 19.2 Å². The van der Waals surface area contributed by atoms with Gasteiger partial charge in [0.05, 0.1) is 17.4 Å². The van der Waals surface area contributed by atoms with Gasteiger partial charge in [-0.1, -0.05) is 0 Å². The van der Waals surface area contributed by atoms with Gasteiger partial charge in [0.25, 0.3) is 11.6 Å². The number of fused-ring (bicyclic) bond motifs is 1. The highest BCUT2D eigenvalue weighted by Gasteiger charge is 2.19. The van der Waals surface area contributed by atoms with E-state index < -0.39 is 4.92 Å². The maximum atomic E-state index is 10.8. The van der Waals surface area contributed by atoms with Gasteiger partial charge in [-0.2, -0.15) is 0 Å². The molecule has 0 bridgehead atoms. The van der Waals surface area contributed by atoms with Gasteiger partial charge in [0.15, 0.2) is 5.58 Å². The van der Waals surface area contributed by atoms with E-state index in [4.69, 9.17) is 9.26 Å². The van der Waals surface area contributed by atoms with Crippen molar-refractivity contribution in [3.8, 4) is 5.88 Å². The van der Waals surface area contributed by atoms with Gasteiger partial charge < -0.3 is 14.6 Å². The molecule has 7 nitrogen and oxygen atoms in total. The number of nitrogens with one attached hydrogen (secondary N) is 1. The second-order valence-corrected chi connectivity index (χ2v) is 3.06. The number of nitro groups is 1. The van der Waals surface area contributed by atoms with Crippen LogP contribution in [0.3, 0.4) is 0 Å². The third kappa shape index (κ3) is 1.42. The summed E-state index contributed by atoms with van der Waals surface area (Å²) in [4.78, 5) is 10.3. The van der Waals surface area contributed by atoms with Crippen LogP contribution in [0.4, 0.5) is 11.4 Å². The van der Waals surface area contributed by atoms with Gasteiger partial charge >= 0.3 is 0 Å². The number of nitro benzene ring substituents is 1. The molecule has 0 amide bonds. The minimum atomic E-state index is -0.474. The van der Waals surface area contributed by atoms with Gasteiger partial charge in [-0.15, -0.1) is 0 Å². The van der Waals surface area contributed by atoms with Crippen LogP contribution in [0.25, 0.3) is 11.0 Å². The van der Waals surface area contributed by atoms with E-state index >= 15 is 0 Å². The van der Waals surface area contributed by atoms with E-state index in [9.17, 15) is 10.1 Å². The number of hydrogen-bond acceptors (Lipinski definition) is 6. The van der Waals surface area contributed by atoms with Crippen molar-refractivity contribution in [2.24, 2.45) is 0 Å². The van der Waals surface area contributed by atoms with Crippen LogP contribution in [-0.4, -0.2) is 24.2 Å². The molecule has 84 valence electrons. The van der Waals surface area contributed by atoms with Crippen LogP contribution in [0, 0.1) is 10.1 Å². The van der Waals surface area contributed by atoms with Gasteiger partial charge in [0.2, 0.25) is 0 Å². The molecule has 1 heterocycles. The summed E-state index contributed by atoms with van der Waals surface area (Å²) in [6.07, 6.45) is 0. The Morgan fingerprint density at radius 3 is 2.88 bits per heavy atom. The molecular formula is C9H9N3O4. The Balaban J connectivity index is 2.73. The van der Waals surface area contributed by atoms with Gasteiger partial charge in [-0.3, -0.25) is 10.1 Å². The van der Waals surface area contributed by atoms with Crippen LogP contribution in [0.15, 0.2) is 16.7 Å². The molecule has 1 aromatic heterocycles. The van der Waals surface area contributed by atoms with E-state index in [0.29, 0.717) is 16.7 Å². The lowest BCUT2D eigenvalue weighted by atomic mass is 10.2. The molecule has 0 saturated carbocycles. The Morgan fingerprint density at radius 2 is 2.31 bits per heavy atom. The third-order valence-electron chi connectivity index (χ3n) is 2.21. The fourth-order valence-electron chi connectivity index (χ4n) is 1.45. The van der Waals surface area contributed by atoms with Crippen molar-refractivity contribution in [1.29, 1.82) is 0 Å². The van der Waals surface area contributed by atoms with Crippen LogP contribution in [0.5, 0.6) is 5.88 Å². The molecule has 0 atom stereocenters. The molecule has 0 radical (unpaired) electrons. The predicted molar refractivity (Wildman–Crippen MR) is 56.8 cm³/mol.